The van der Waals surface area contributed by atoms with Crippen molar-refractivity contribution in [2.45, 2.75) is 55.5 Å². The summed E-state index contributed by atoms with van der Waals surface area (Å²) < 4.78 is 1.88. The van der Waals surface area contributed by atoms with Crippen molar-refractivity contribution in [1.82, 2.24) is 29.7 Å². The molecule has 1 saturated carbocycles. The van der Waals surface area contributed by atoms with Crippen LogP contribution in [0.4, 0.5) is 17.3 Å². The van der Waals surface area contributed by atoms with Crippen LogP contribution in [0.3, 0.4) is 0 Å². The first-order valence-corrected chi connectivity index (χ1v) is 13.0. The predicted molar refractivity (Wildman–Crippen MR) is 139 cm³/mol. The van der Waals surface area contributed by atoms with Crippen molar-refractivity contribution in [3.8, 4) is 0 Å². The third kappa shape index (κ3) is 4.50. The first-order chi connectivity index (χ1) is 17.1. The minimum Gasteiger partial charge on any atom is -0.370 e. The largest absolute Gasteiger partial charge is 0.370 e. The van der Waals surface area contributed by atoms with Crippen molar-refractivity contribution < 1.29 is 0 Å². The number of benzene rings is 1. The molecule has 1 aromatic carbocycles. The number of thioether (sulfide) groups is 1. The molecule has 180 valence electrons. The number of hydrogen-bond donors (Lipinski definition) is 2. The molecule has 35 heavy (non-hydrogen) atoms. The maximum absolute atomic E-state index is 12.9. The molecular weight excluding hydrogens is 460 g/mol. The number of aromatic nitrogens is 6. The Bertz CT molecular complexity index is 1380. The van der Waals surface area contributed by atoms with Gasteiger partial charge < -0.3 is 10.2 Å². The van der Waals surface area contributed by atoms with Gasteiger partial charge >= 0.3 is 0 Å². The van der Waals surface area contributed by atoms with E-state index in [9.17, 15) is 4.79 Å². The van der Waals surface area contributed by atoms with Crippen LogP contribution in [0.25, 0.3) is 11.0 Å². The van der Waals surface area contributed by atoms with E-state index in [0.29, 0.717) is 11.2 Å². The Morgan fingerprint density at radius 3 is 2.71 bits per heavy atom. The molecule has 3 aromatic heterocycles. The number of rotatable bonds is 6. The molecule has 4 aromatic rings. The van der Waals surface area contributed by atoms with Crippen molar-refractivity contribution in [2.75, 3.05) is 23.3 Å². The second-order valence-electron chi connectivity index (χ2n) is 9.34. The van der Waals surface area contributed by atoms with Crippen molar-refractivity contribution in [2.24, 2.45) is 0 Å². The first-order valence-electron chi connectivity index (χ1n) is 12.2. The molecule has 1 aliphatic carbocycles. The Morgan fingerprint density at radius 2 is 1.94 bits per heavy atom. The summed E-state index contributed by atoms with van der Waals surface area (Å²) in [5, 5.41) is 12.5. The van der Waals surface area contributed by atoms with E-state index in [1.165, 1.54) is 5.69 Å². The van der Waals surface area contributed by atoms with Gasteiger partial charge in [-0.15, -0.1) is 0 Å². The van der Waals surface area contributed by atoms with E-state index >= 15 is 0 Å². The molecule has 1 saturated heterocycles. The summed E-state index contributed by atoms with van der Waals surface area (Å²) in [5.41, 5.74) is 3.79. The third-order valence-electron chi connectivity index (χ3n) is 6.99. The molecule has 0 amide bonds. The molecule has 10 heteroatoms. The van der Waals surface area contributed by atoms with Crippen LogP contribution in [-0.4, -0.2) is 48.1 Å². The fraction of sp³-hybridized carbons (Fsp3) is 0.400. The van der Waals surface area contributed by atoms with Gasteiger partial charge in [-0.3, -0.25) is 14.5 Å². The standard InChI is InChI=1S/C25H28N8OS/c1-16-12-22(34)33(19-4-2-3-5-19)23-21(16)13-26-24(30-23)29-17-6-8-18(9-7-17)32-11-10-20(14-32)35-25-27-15-28-31-25/h6-9,12-13,15,19-20H,2-5,10-11,14H2,1H3,(H,26,29,30)(H,27,28,31). The number of nitrogens with one attached hydrogen (secondary N) is 2. The first kappa shape index (κ1) is 22.1. The number of aromatic amines is 1. The van der Waals surface area contributed by atoms with Gasteiger partial charge in [-0.05, 0) is 56.0 Å². The van der Waals surface area contributed by atoms with Crippen LogP contribution in [0, 0.1) is 6.92 Å². The molecular formula is C25H28N8OS. The van der Waals surface area contributed by atoms with Crippen LogP contribution in [0.5, 0.6) is 0 Å². The Labute approximate surface area is 207 Å². The van der Waals surface area contributed by atoms with Crippen LogP contribution < -0.4 is 15.8 Å². The molecule has 0 bridgehead atoms. The lowest BCUT2D eigenvalue weighted by molar-refractivity contribution is 0.515. The molecule has 0 radical (unpaired) electrons. The summed E-state index contributed by atoms with van der Waals surface area (Å²) in [6.45, 7) is 3.94. The predicted octanol–water partition coefficient (Wildman–Crippen LogP) is 4.45. The van der Waals surface area contributed by atoms with E-state index in [1.807, 2.05) is 17.7 Å². The minimum atomic E-state index is 0.0290. The monoisotopic (exact) mass is 488 g/mol. The van der Waals surface area contributed by atoms with Crippen LogP contribution >= 0.6 is 11.8 Å². The summed E-state index contributed by atoms with van der Waals surface area (Å²) in [7, 11) is 0. The Kier molecular flexibility index (Phi) is 5.89. The molecule has 1 unspecified atom stereocenters. The molecule has 1 aliphatic heterocycles. The average molecular weight is 489 g/mol. The van der Waals surface area contributed by atoms with Gasteiger partial charge in [0.05, 0.1) is 0 Å². The molecule has 6 rings (SSSR count). The molecule has 9 nitrogen and oxygen atoms in total. The van der Waals surface area contributed by atoms with Crippen molar-refractivity contribution in [3.05, 3.63) is 58.8 Å². The number of hydrogen-bond acceptors (Lipinski definition) is 8. The molecule has 1 atom stereocenters. The molecule has 0 spiro atoms. The summed E-state index contributed by atoms with van der Waals surface area (Å²) in [4.78, 5) is 28.8. The second-order valence-corrected chi connectivity index (χ2v) is 10.6. The maximum Gasteiger partial charge on any atom is 0.252 e. The lowest BCUT2D eigenvalue weighted by Crippen LogP contribution is -2.24. The van der Waals surface area contributed by atoms with Gasteiger partial charge in [0.1, 0.15) is 12.0 Å². The molecule has 2 aliphatic rings. The van der Waals surface area contributed by atoms with Gasteiger partial charge in [-0.2, -0.15) is 10.1 Å². The second kappa shape index (κ2) is 9.33. The fourth-order valence-electron chi connectivity index (χ4n) is 5.20. The smallest absolute Gasteiger partial charge is 0.252 e. The summed E-state index contributed by atoms with van der Waals surface area (Å²) in [6.07, 6.45) is 8.86. The normalized spacial score (nSPS) is 18.5. The zero-order chi connectivity index (χ0) is 23.8. The lowest BCUT2D eigenvalue weighted by atomic mass is 10.1. The zero-order valence-corrected chi connectivity index (χ0v) is 20.5. The number of nitrogens with zero attached hydrogens (tertiary/aromatic N) is 6. The molecule has 4 heterocycles. The minimum absolute atomic E-state index is 0.0290. The van der Waals surface area contributed by atoms with E-state index in [0.717, 1.165) is 72.6 Å². The highest BCUT2D eigenvalue weighted by molar-refractivity contribution is 7.99. The average Bonchev–Trinajstić information content (AvgIpc) is 3.64. The van der Waals surface area contributed by atoms with Crippen molar-refractivity contribution in [3.63, 3.8) is 0 Å². The quantitative estimate of drug-likeness (QED) is 0.410. The van der Waals surface area contributed by atoms with Gasteiger partial charge in [0.25, 0.3) is 5.56 Å². The Balaban J connectivity index is 1.19. The highest BCUT2D eigenvalue weighted by Crippen LogP contribution is 2.32. The van der Waals surface area contributed by atoms with E-state index in [1.54, 1.807) is 24.2 Å². The maximum atomic E-state index is 12.9. The number of pyridine rings is 1. The SMILES string of the molecule is Cc1cc(=O)n(C2CCCC2)c2nc(Nc3ccc(N4CCC(Sc5ncn[nH]5)C4)cc3)ncc12. The van der Waals surface area contributed by atoms with Crippen molar-refractivity contribution >= 4 is 40.1 Å². The van der Waals surface area contributed by atoms with Gasteiger partial charge in [-0.25, -0.2) is 9.97 Å². The summed E-state index contributed by atoms with van der Waals surface area (Å²) in [5.74, 6) is 0.506. The fourth-order valence-corrected chi connectivity index (χ4v) is 6.21. The Morgan fingerprint density at radius 1 is 1.11 bits per heavy atom. The van der Waals surface area contributed by atoms with E-state index in [2.05, 4.69) is 54.6 Å². The van der Waals surface area contributed by atoms with Crippen molar-refractivity contribution in [1.29, 1.82) is 0 Å². The van der Waals surface area contributed by atoms with Crippen LogP contribution in [0.1, 0.15) is 43.7 Å². The summed E-state index contributed by atoms with van der Waals surface area (Å²) >= 11 is 1.75. The number of fused-ring (bicyclic) bond motifs is 1. The molecule has 2 N–H and O–H groups in total. The van der Waals surface area contributed by atoms with E-state index in [-0.39, 0.29) is 11.6 Å². The van der Waals surface area contributed by atoms with Crippen LogP contribution in [0.15, 0.2) is 52.8 Å². The number of anilines is 3. The highest BCUT2D eigenvalue weighted by Gasteiger charge is 2.25. The van der Waals surface area contributed by atoms with Gasteiger partial charge in [0.2, 0.25) is 5.95 Å². The lowest BCUT2D eigenvalue weighted by Gasteiger charge is -2.19. The third-order valence-corrected chi connectivity index (χ3v) is 8.13. The summed E-state index contributed by atoms with van der Waals surface area (Å²) in [6, 6.07) is 10.3. The van der Waals surface area contributed by atoms with Gasteiger partial charge in [0, 0.05) is 53.4 Å². The van der Waals surface area contributed by atoms with Crippen LogP contribution in [0.2, 0.25) is 0 Å². The highest BCUT2D eigenvalue weighted by atomic mass is 32.2. The van der Waals surface area contributed by atoms with Crippen LogP contribution in [-0.2, 0) is 0 Å². The Hall–Kier alpha value is -3.40. The van der Waals surface area contributed by atoms with Gasteiger partial charge in [0.15, 0.2) is 5.16 Å². The number of H-pyrrole nitrogens is 1. The zero-order valence-electron chi connectivity index (χ0n) is 19.6. The van der Waals surface area contributed by atoms with E-state index in [4.69, 9.17) is 4.98 Å². The van der Waals surface area contributed by atoms with Gasteiger partial charge in [-0.1, -0.05) is 24.6 Å². The topological polar surface area (TPSA) is 105 Å². The molecule has 2 fully saturated rings. The number of aryl methyl sites for hydroxylation is 1. The van der Waals surface area contributed by atoms with E-state index < -0.39 is 0 Å².